The molecule has 0 fully saturated rings. The second-order valence-electron chi connectivity index (χ2n) is 19.3. The molecule has 80 heavy (non-hydrogen) atoms. The van der Waals surface area contributed by atoms with E-state index in [1.807, 2.05) is 171 Å². The molecule has 0 saturated heterocycles. The van der Waals surface area contributed by atoms with Crippen LogP contribution in [0.2, 0.25) is 10.0 Å². The number of nitrogens with two attached hydrogens (primary N) is 3. The number of Topliss-reactive ketones (excluding diaryl/α,β-unsaturated/α-hetero) is 2. The highest BCUT2D eigenvalue weighted by Gasteiger charge is 2.15. The topological polar surface area (TPSA) is 229 Å². The standard InChI is InChI=1S/C23H22Cl2N4O2.C23H21N3O2.C17H17N3O/c1-30-21-7-3-14(9-18(21)24)12-29(13-15-4-8-22(31-2)19(25)10-15)16-5-6-20-17(11-16)23(26)28-27-20;24-23-21-14-18(8-11-22(21)25-26-23)13-19(27)12-16-6-9-20(10-7-16)28-15-17-4-2-1-3-5-17;1-11-3-2-4-12(7-11)8-14(21)9-13-5-6-16-15(10-13)17(18)20-19-16/h3-11H,12-13H2,1-2H3,(H3,26,27,28);1-11,14H,12-13,15H2,(H3,24,25,26);2-7,10H,8-9H2,1H3,(H3,18,19,20). The molecule has 0 amide bonds. The Kier molecular flexibility index (Phi) is 17.9. The van der Waals surface area contributed by atoms with E-state index in [4.69, 9.17) is 54.6 Å². The number of nitrogens with zero attached hydrogens (tertiary/aromatic N) is 4. The summed E-state index contributed by atoms with van der Waals surface area (Å²) in [7, 11) is 3.20. The van der Waals surface area contributed by atoms with Crippen molar-refractivity contribution in [2.75, 3.05) is 36.3 Å². The van der Waals surface area contributed by atoms with E-state index in [0.29, 0.717) is 84.4 Å². The van der Waals surface area contributed by atoms with Crippen LogP contribution in [0.15, 0.2) is 170 Å². The number of halogens is 2. The Morgan fingerprint density at radius 3 is 1.40 bits per heavy atom. The molecule has 0 aliphatic heterocycles. The van der Waals surface area contributed by atoms with Crippen LogP contribution in [0.25, 0.3) is 32.7 Å². The van der Waals surface area contributed by atoms with Crippen molar-refractivity contribution in [3.63, 3.8) is 0 Å². The number of anilines is 4. The number of aromatic nitrogens is 6. The summed E-state index contributed by atoms with van der Waals surface area (Å²) in [6.45, 7) is 3.80. The first kappa shape index (κ1) is 55.4. The molecule has 3 aromatic heterocycles. The first-order valence-corrected chi connectivity index (χ1v) is 26.5. The SMILES string of the molecule is COc1ccc(CN(Cc2ccc(OC)c(Cl)c2)c2ccc3[nH]nc(N)c3c2)cc1Cl.Cc1cccc(CC(=O)Cc2ccc3[nH]nc(N)c3c2)c1.Nc1n[nH]c2ccc(CC(=O)Cc3ccc(OCc4ccccc4)cc3)cc12. The number of ether oxygens (including phenoxy) is 3. The summed E-state index contributed by atoms with van der Waals surface area (Å²) in [6, 6.07) is 54.9. The third-order valence-corrected chi connectivity index (χ3v) is 13.9. The molecule has 0 saturated carbocycles. The van der Waals surface area contributed by atoms with Gasteiger partial charge in [-0.25, -0.2) is 0 Å². The van der Waals surface area contributed by atoms with Crippen LogP contribution in [0.5, 0.6) is 17.2 Å². The van der Waals surface area contributed by atoms with Gasteiger partial charge in [-0.3, -0.25) is 24.9 Å². The van der Waals surface area contributed by atoms with Crippen LogP contribution >= 0.6 is 23.2 Å². The minimum Gasteiger partial charge on any atom is -0.495 e. The number of H-pyrrole nitrogens is 3. The van der Waals surface area contributed by atoms with E-state index < -0.39 is 0 Å². The summed E-state index contributed by atoms with van der Waals surface area (Å²) >= 11 is 12.7. The third kappa shape index (κ3) is 14.4. The lowest BCUT2D eigenvalue weighted by Crippen LogP contribution is -2.22. The summed E-state index contributed by atoms with van der Waals surface area (Å²) in [5.41, 5.74) is 29.6. The van der Waals surface area contributed by atoms with Crippen LogP contribution in [0.1, 0.15) is 44.5 Å². The third-order valence-electron chi connectivity index (χ3n) is 13.3. The fraction of sp³-hybridized carbons (Fsp3) is 0.159. The molecule has 0 bridgehead atoms. The minimum absolute atomic E-state index is 0.152. The van der Waals surface area contributed by atoms with Gasteiger partial charge in [0, 0.05) is 60.6 Å². The summed E-state index contributed by atoms with van der Waals surface area (Å²) < 4.78 is 16.3. The number of nitrogen functional groups attached to an aromatic ring is 3. The highest BCUT2D eigenvalue weighted by atomic mass is 35.5. The average molecular weight is 1110 g/mol. The van der Waals surface area contributed by atoms with Gasteiger partial charge in [0.1, 0.15) is 35.4 Å². The van der Waals surface area contributed by atoms with Crippen molar-refractivity contribution in [2.45, 2.75) is 52.3 Å². The lowest BCUT2D eigenvalue weighted by atomic mass is 10.0. The number of aryl methyl sites for hydroxylation is 1. The minimum atomic E-state index is 0.152. The van der Waals surface area contributed by atoms with E-state index >= 15 is 0 Å². The number of fused-ring (bicyclic) bond motifs is 3. The molecule has 0 aliphatic carbocycles. The molecule has 0 atom stereocenters. The number of rotatable bonds is 18. The second-order valence-corrected chi connectivity index (χ2v) is 20.1. The van der Waals surface area contributed by atoms with Gasteiger partial charge in [-0.2, -0.15) is 15.3 Å². The predicted molar refractivity (Wildman–Crippen MR) is 321 cm³/mol. The smallest absolute Gasteiger partial charge is 0.153 e. The highest BCUT2D eigenvalue weighted by Crippen LogP contribution is 2.32. The van der Waals surface area contributed by atoms with E-state index in [2.05, 4.69) is 41.6 Å². The fourth-order valence-electron chi connectivity index (χ4n) is 9.20. The molecule has 0 spiro atoms. The molecule has 17 heteroatoms. The molecule has 15 nitrogen and oxygen atoms in total. The van der Waals surface area contributed by atoms with Gasteiger partial charge in [-0.15, -0.1) is 0 Å². The maximum atomic E-state index is 12.5. The van der Waals surface area contributed by atoms with Crippen LogP contribution in [-0.2, 0) is 55.0 Å². The molecule has 9 N–H and O–H groups in total. The molecule has 0 radical (unpaired) electrons. The number of carbonyl (C=O) groups excluding carboxylic acids is 2. The molecule has 11 rings (SSSR count). The molecule has 406 valence electrons. The summed E-state index contributed by atoms with van der Waals surface area (Å²) in [4.78, 5) is 26.9. The van der Waals surface area contributed by atoms with Crippen LogP contribution in [-0.4, -0.2) is 56.4 Å². The van der Waals surface area contributed by atoms with Crippen molar-refractivity contribution in [1.29, 1.82) is 0 Å². The van der Waals surface area contributed by atoms with Gasteiger partial charge in [-0.1, -0.05) is 120 Å². The van der Waals surface area contributed by atoms with Crippen molar-refractivity contribution in [2.24, 2.45) is 0 Å². The van der Waals surface area contributed by atoms with E-state index in [1.165, 1.54) is 5.56 Å². The van der Waals surface area contributed by atoms with Crippen LogP contribution in [0.3, 0.4) is 0 Å². The van der Waals surface area contributed by atoms with Gasteiger partial charge >= 0.3 is 0 Å². The molecule has 0 unspecified atom stereocenters. The Morgan fingerprint density at radius 1 is 0.475 bits per heavy atom. The van der Waals surface area contributed by atoms with E-state index in [9.17, 15) is 9.59 Å². The lowest BCUT2D eigenvalue weighted by molar-refractivity contribution is -0.118. The Labute approximate surface area is 473 Å². The maximum absolute atomic E-state index is 12.5. The molecular formula is C63H60Cl2N10O5. The van der Waals surface area contributed by atoms with Crippen molar-refractivity contribution < 1.29 is 23.8 Å². The van der Waals surface area contributed by atoms with Crippen molar-refractivity contribution in [1.82, 2.24) is 30.6 Å². The number of benzene rings is 8. The highest BCUT2D eigenvalue weighted by molar-refractivity contribution is 6.32. The number of ketones is 2. The first-order valence-electron chi connectivity index (χ1n) is 25.7. The number of nitrogens with one attached hydrogen (secondary N) is 3. The van der Waals surface area contributed by atoms with E-state index in [1.54, 1.807) is 14.2 Å². The van der Waals surface area contributed by atoms with Crippen LogP contribution < -0.4 is 36.3 Å². The van der Waals surface area contributed by atoms with Gasteiger partial charge in [0.25, 0.3) is 0 Å². The zero-order valence-electron chi connectivity index (χ0n) is 44.4. The molecule has 3 heterocycles. The van der Waals surface area contributed by atoms with Gasteiger partial charge in [0.2, 0.25) is 0 Å². The average Bonchev–Trinajstić information content (AvgIpc) is 4.16. The first-order chi connectivity index (χ1) is 38.8. The number of methoxy groups -OCH3 is 2. The Morgan fingerprint density at radius 2 is 0.912 bits per heavy atom. The Balaban J connectivity index is 0.000000148. The van der Waals surface area contributed by atoms with Gasteiger partial charge in [-0.05, 0) is 125 Å². The van der Waals surface area contributed by atoms with E-state index in [-0.39, 0.29) is 11.6 Å². The van der Waals surface area contributed by atoms with Crippen molar-refractivity contribution in [3.05, 3.63) is 224 Å². The largest absolute Gasteiger partial charge is 0.495 e. The number of carbonyl (C=O) groups is 2. The van der Waals surface area contributed by atoms with Gasteiger partial charge < -0.3 is 36.3 Å². The molecule has 11 aromatic rings. The van der Waals surface area contributed by atoms with Crippen molar-refractivity contribution in [3.8, 4) is 17.2 Å². The van der Waals surface area contributed by atoms with Crippen molar-refractivity contribution >= 4 is 90.6 Å². The zero-order chi connectivity index (χ0) is 56.1. The summed E-state index contributed by atoms with van der Waals surface area (Å²) in [6.07, 6.45) is 1.62. The quantitative estimate of drug-likeness (QED) is 0.0471. The van der Waals surface area contributed by atoms with Crippen LogP contribution in [0.4, 0.5) is 23.1 Å². The Hall–Kier alpha value is -9.31. The number of hydrogen-bond acceptors (Lipinski definition) is 12. The van der Waals surface area contributed by atoms with E-state index in [0.717, 1.165) is 83.1 Å². The summed E-state index contributed by atoms with van der Waals surface area (Å²) in [5.74, 6) is 3.82. The van der Waals surface area contributed by atoms with Crippen LogP contribution in [0, 0.1) is 6.92 Å². The monoisotopic (exact) mass is 1110 g/mol. The lowest BCUT2D eigenvalue weighted by Gasteiger charge is -2.26. The second kappa shape index (κ2) is 25.9. The zero-order valence-corrected chi connectivity index (χ0v) is 45.9. The molecule has 0 aliphatic rings. The number of hydrogen-bond donors (Lipinski definition) is 6. The number of aromatic amines is 3. The molecular weight excluding hydrogens is 1050 g/mol. The fourth-order valence-corrected chi connectivity index (χ4v) is 9.76. The van der Waals surface area contributed by atoms with Gasteiger partial charge in [0.05, 0.1) is 40.8 Å². The Bertz CT molecular complexity index is 3860. The normalized spacial score (nSPS) is 10.9. The maximum Gasteiger partial charge on any atom is 0.153 e. The molecule has 8 aromatic carbocycles. The predicted octanol–water partition coefficient (Wildman–Crippen LogP) is 12.6. The van der Waals surface area contributed by atoms with Gasteiger partial charge in [0.15, 0.2) is 17.5 Å². The summed E-state index contributed by atoms with van der Waals surface area (Å²) in [5, 5.41) is 24.4.